The topological polar surface area (TPSA) is 29.5 Å². The molecule has 0 amide bonds. The lowest BCUT2D eigenvalue weighted by Gasteiger charge is -2.27. The molecule has 0 aromatic heterocycles. The van der Waals surface area contributed by atoms with E-state index in [9.17, 15) is 9.18 Å². The number of hydrogen-bond acceptors (Lipinski definition) is 3. The van der Waals surface area contributed by atoms with Crippen molar-refractivity contribution in [2.45, 2.75) is 12.8 Å². The number of hydrogen-bond donors (Lipinski definition) is 0. The molecule has 0 aliphatic carbocycles. The molecule has 1 aliphatic rings. The fraction of sp³-hybridized carbons (Fsp3) is 0.462. The molecule has 0 bridgehead atoms. The number of piperidine rings is 1. The van der Waals surface area contributed by atoms with Crippen LogP contribution in [0.15, 0.2) is 24.3 Å². The minimum absolute atomic E-state index is 0. The van der Waals surface area contributed by atoms with Crippen LogP contribution in [-0.4, -0.2) is 31.0 Å². The Balaban J connectivity index is 0.00000162. The van der Waals surface area contributed by atoms with E-state index in [-0.39, 0.29) is 41.7 Å². The van der Waals surface area contributed by atoms with Crippen LogP contribution in [0.2, 0.25) is 0 Å². The van der Waals surface area contributed by atoms with Crippen LogP contribution in [0.4, 0.5) is 4.39 Å². The normalized spacial score (nSPS) is 17.0. The van der Waals surface area contributed by atoms with E-state index in [2.05, 4.69) is 4.90 Å². The summed E-state index contributed by atoms with van der Waals surface area (Å²) >= 11 is 0. The maximum atomic E-state index is 12.7. The second-order valence-corrected chi connectivity index (χ2v) is 4.45. The van der Waals surface area contributed by atoms with Crippen LogP contribution in [0.25, 0.3) is 0 Å². The van der Waals surface area contributed by atoms with E-state index in [4.69, 9.17) is 4.74 Å². The van der Waals surface area contributed by atoms with Gasteiger partial charge >= 0.3 is 5.97 Å². The van der Waals surface area contributed by atoms with Crippen molar-refractivity contribution in [2.75, 3.05) is 20.1 Å². The Morgan fingerprint density at radius 3 is 2.39 bits per heavy atom. The summed E-state index contributed by atoms with van der Waals surface area (Å²) < 4.78 is 17.9. The van der Waals surface area contributed by atoms with Crippen molar-refractivity contribution in [1.82, 2.24) is 4.90 Å². The highest BCUT2D eigenvalue weighted by Crippen LogP contribution is 2.20. The Morgan fingerprint density at radius 1 is 1.28 bits per heavy atom. The quantitative estimate of drug-likeness (QED) is 0.459. The Morgan fingerprint density at radius 2 is 1.83 bits per heavy atom. The van der Waals surface area contributed by atoms with Gasteiger partial charge in [0.1, 0.15) is 11.6 Å². The molecular weight excluding hydrogens is 348 g/mol. The summed E-state index contributed by atoms with van der Waals surface area (Å²) in [6.45, 7) is 1.84. The fourth-order valence-electron chi connectivity index (χ4n) is 1.95. The molecule has 18 heavy (non-hydrogen) atoms. The largest absolute Gasteiger partial charge is 0.426 e. The van der Waals surface area contributed by atoms with Crippen molar-refractivity contribution < 1.29 is 13.9 Å². The summed E-state index contributed by atoms with van der Waals surface area (Å²) in [7, 11) is 2.04. The summed E-state index contributed by atoms with van der Waals surface area (Å²) in [4.78, 5) is 14.0. The molecule has 1 aliphatic heterocycles. The highest BCUT2D eigenvalue weighted by molar-refractivity contribution is 14.0. The number of benzene rings is 1. The number of nitrogens with zero attached hydrogens (tertiary/aromatic N) is 1. The molecule has 1 fully saturated rings. The van der Waals surface area contributed by atoms with Crippen molar-refractivity contribution in [1.29, 1.82) is 0 Å². The molecule has 1 aromatic rings. The van der Waals surface area contributed by atoms with Gasteiger partial charge in [-0.15, -0.1) is 24.0 Å². The second-order valence-electron chi connectivity index (χ2n) is 4.45. The molecule has 5 heteroatoms. The molecule has 1 heterocycles. The van der Waals surface area contributed by atoms with Gasteiger partial charge in [0.05, 0.1) is 5.92 Å². The van der Waals surface area contributed by atoms with Crippen LogP contribution < -0.4 is 4.74 Å². The molecule has 1 aromatic carbocycles. The standard InChI is InChI=1S/C13H16FNO2.HI/c1-15-8-6-10(7-9-15)13(16)17-12-4-2-11(14)3-5-12;/h2-5,10H,6-9H2,1H3;1H. The number of halogens is 2. The first-order valence-electron chi connectivity index (χ1n) is 5.81. The highest BCUT2D eigenvalue weighted by Gasteiger charge is 2.24. The van der Waals surface area contributed by atoms with Crippen molar-refractivity contribution in [3.05, 3.63) is 30.1 Å². The predicted molar refractivity (Wildman–Crippen MR) is 77.7 cm³/mol. The van der Waals surface area contributed by atoms with Crippen molar-refractivity contribution in [3.63, 3.8) is 0 Å². The molecule has 3 nitrogen and oxygen atoms in total. The first-order chi connectivity index (χ1) is 8.15. The minimum Gasteiger partial charge on any atom is -0.426 e. The van der Waals surface area contributed by atoms with Crippen molar-refractivity contribution in [3.8, 4) is 5.75 Å². The van der Waals surface area contributed by atoms with Crippen LogP contribution in [0.5, 0.6) is 5.75 Å². The van der Waals surface area contributed by atoms with Gasteiger partial charge in [-0.05, 0) is 57.2 Å². The van der Waals surface area contributed by atoms with E-state index in [1.165, 1.54) is 24.3 Å². The second kappa shape index (κ2) is 7.04. The predicted octanol–water partition coefficient (Wildman–Crippen LogP) is 2.69. The molecule has 100 valence electrons. The summed E-state index contributed by atoms with van der Waals surface area (Å²) in [5, 5.41) is 0. The van der Waals surface area contributed by atoms with Crippen LogP contribution in [-0.2, 0) is 4.79 Å². The molecule has 0 N–H and O–H groups in total. The number of esters is 1. The summed E-state index contributed by atoms with van der Waals surface area (Å²) in [5.41, 5.74) is 0. The fourth-order valence-corrected chi connectivity index (χ4v) is 1.95. The molecule has 0 spiro atoms. The lowest BCUT2D eigenvalue weighted by Crippen LogP contribution is -2.35. The lowest BCUT2D eigenvalue weighted by atomic mass is 9.97. The number of ether oxygens (including phenoxy) is 1. The van der Waals surface area contributed by atoms with Gasteiger partial charge in [-0.2, -0.15) is 0 Å². The first-order valence-corrected chi connectivity index (χ1v) is 5.81. The van der Waals surface area contributed by atoms with Crippen molar-refractivity contribution >= 4 is 29.9 Å². The number of likely N-dealkylation sites (tertiary alicyclic amines) is 1. The van der Waals surface area contributed by atoms with E-state index in [0.29, 0.717) is 5.75 Å². The van der Waals surface area contributed by atoms with E-state index in [1.54, 1.807) is 0 Å². The van der Waals surface area contributed by atoms with Gasteiger partial charge in [0.2, 0.25) is 0 Å². The molecule has 0 saturated carbocycles. The van der Waals surface area contributed by atoms with Crippen LogP contribution in [0.1, 0.15) is 12.8 Å². The number of carbonyl (C=O) groups excluding carboxylic acids is 1. The van der Waals surface area contributed by atoms with Gasteiger partial charge < -0.3 is 9.64 Å². The average molecular weight is 365 g/mol. The van der Waals surface area contributed by atoms with Crippen molar-refractivity contribution in [2.24, 2.45) is 5.92 Å². The van der Waals surface area contributed by atoms with E-state index >= 15 is 0 Å². The number of rotatable bonds is 2. The van der Waals surface area contributed by atoms with Crippen LogP contribution in [0, 0.1) is 11.7 Å². The smallest absolute Gasteiger partial charge is 0.314 e. The molecule has 0 radical (unpaired) electrons. The molecule has 2 rings (SSSR count). The maximum Gasteiger partial charge on any atom is 0.314 e. The van der Waals surface area contributed by atoms with Gasteiger partial charge in [-0.25, -0.2) is 4.39 Å². The Labute approximate surface area is 123 Å². The third-order valence-corrected chi connectivity index (χ3v) is 3.08. The lowest BCUT2D eigenvalue weighted by molar-refractivity contribution is -0.140. The molecule has 1 saturated heterocycles. The van der Waals surface area contributed by atoms with Crippen LogP contribution >= 0.6 is 24.0 Å². The highest BCUT2D eigenvalue weighted by atomic mass is 127. The summed E-state index contributed by atoms with van der Waals surface area (Å²) in [6.07, 6.45) is 1.66. The Bertz CT molecular complexity index is 388. The number of carbonyl (C=O) groups is 1. The van der Waals surface area contributed by atoms with E-state index < -0.39 is 0 Å². The monoisotopic (exact) mass is 365 g/mol. The van der Waals surface area contributed by atoms with Gasteiger partial charge in [-0.3, -0.25) is 4.79 Å². The van der Waals surface area contributed by atoms with E-state index in [1.807, 2.05) is 7.05 Å². The third kappa shape index (κ3) is 4.20. The summed E-state index contributed by atoms with van der Waals surface area (Å²) in [5.74, 6) is -0.152. The minimum atomic E-state index is -0.330. The SMILES string of the molecule is CN1CCC(C(=O)Oc2ccc(F)cc2)CC1.I. The zero-order valence-corrected chi connectivity index (χ0v) is 12.6. The van der Waals surface area contributed by atoms with Gasteiger partial charge in [0.15, 0.2) is 0 Å². The van der Waals surface area contributed by atoms with E-state index in [0.717, 1.165) is 25.9 Å². The molecule has 0 atom stereocenters. The van der Waals surface area contributed by atoms with Gasteiger partial charge in [0, 0.05) is 0 Å². The molecular formula is C13H17FINO2. The maximum absolute atomic E-state index is 12.7. The zero-order valence-electron chi connectivity index (χ0n) is 10.3. The molecule has 0 unspecified atom stereocenters. The average Bonchev–Trinajstić information content (AvgIpc) is 2.33. The Hall–Kier alpha value is -0.690. The first kappa shape index (κ1) is 15.4. The summed E-state index contributed by atoms with van der Waals surface area (Å²) in [6, 6.07) is 5.53. The van der Waals surface area contributed by atoms with Crippen LogP contribution in [0.3, 0.4) is 0 Å². The third-order valence-electron chi connectivity index (χ3n) is 3.08. The Kier molecular flexibility index (Phi) is 6.01. The van der Waals surface area contributed by atoms with Gasteiger partial charge in [0.25, 0.3) is 0 Å². The van der Waals surface area contributed by atoms with Gasteiger partial charge in [-0.1, -0.05) is 0 Å². The zero-order chi connectivity index (χ0) is 12.3.